The van der Waals surface area contributed by atoms with E-state index < -0.39 is 11.6 Å². The highest BCUT2D eigenvalue weighted by Gasteiger charge is 2.05. The van der Waals surface area contributed by atoms with E-state index in [0.717, 1.165) is 17.8 Å². The normalized spacial score (nSPS) is 9.44. The van der Waals surface area contributed by atoms with E-state index in [1.807, 2.05) is 0 Å². The number of carbonyl (C=O) groups is 1. The highest BCUT2D eigenvalue weighted by atomic mass is 32.2. The van der Waals surface area contributed by atoms with Crippen LogP contribution in [0.2, 0.25) is 0 Å². The molecular formula is C11H9F2NOS. The van der Waals surface area contributed by atoms with Crippen molar-refractivity contribution in [3.05, 3.63) is 29.3 Å². The molecule has 0 aliphatic carbocycles. The number of anilines is 1. The number of hydrogen-bond donors (Lipinski definition) is 1. The number of rotatable bonds is 1. The Bertz CT molecular complexity index is 477. The molecule has 0 amide bonds. The summed E-state index contributed by atoms with van der Waals surface area (Å²) >= 11 is 1.02. The predicted molar refractivity (Wildman–Crippen MR) is 60.8 cm³/mol. The monoisotopic (exact) mass is 241 g/mol. The molecule has 0 aliphatic heterocycles. The van der Waals surface area contributed by atoms with Crippen LogP contribution in [0.4, 0.5) is 14.5 Å². The molecule has 0 saturated heterocycles. The van der Waals surface area contributed by atoms with Gasteiger partial charge in [0.25, 0.3) is 0 Å². The zero-order valence-electron chi connectivity index (χ0n) is 8.51. The number of nitrogens with two attached hydrogens (primary N) is 1. The average Bonchev–Trinajstić information content (AvgIpc) is 2.19. The van der Waals surface area contributed by atoms with Gasteiger partial charge in [0.15, 0.2) is 5.12 Å². The molecule has 0 fully saturated rings. The molecule has 0 aliphatic rings. The zero-order chi connectivity index (χ0) is 12.1. The van der Waals surface area contributed by atoms with Gasteiger partial charge < -0.3 is 5.73 Å². The zero-order valence-corrected chi connectivity index (χ0v) is 9.33. The van der Waals surface area contributed by atoms with Crippen LogP contribution in [-0.4, -0.2) is 10.9 Å². The van der Waals surface area contributed by atoms with E-state index in [4.69, 9.17) is 5.73 Å². The van der Waals surface area contributed by atoms with Crippen LogP contribution in [0.15, 0.2) is 12.1 Å². The lowest BCUT2D eigenvalue weighted by atomic mass is 10.2. The van der Waals surface area contributed by atoms with Crippen molar-refractivity contribution in [1.82, 2.24) is 0 Å². The average molecular weight is 241 g/mol. The van der Waals surface area contributed by atoms with Gasteiger partial charge in [-0.3, -0.25) is 4.79 Å². The van der Waals surface area contributed by atoms with Crippen LogP contribution in [0.3, 0.4) is 0 Å². The van der Waals surface area contributed by atoms with Gasteiger partial charge in [0.2, 0.25) is 0 Å². The Morgan fingerprint density at radius 1 is 1.50 bits per heavy atom. The Morgan fingerprint density at radius 3 is 2.81 bits per heavy atom. The highest BCUT2D eigenvalue weighted by molar-refractivity contribution is 8.13. The molecule has 0 atom stereocenters. The third-order valence-electron chi connectivity index (χ3n) is 1.66. The van der Waals surface area contributed by atoms with Crippen molar-refractivity contribution in [2.24, 2.45) is 0 Å². The van der Waals surface area contributed by atoms with Crippen molar-refractivity contribution in [2.45, 2.75) is 6.92 Å². The van der Waals surface area contributed by atoms with Crippen LogP contribution in [-0.2, 0) is 4.79 Å². The quantitative estimate of drug-likeness (QED) is 0.605. The number of hydrogen-bond acceptors (Lipinski definition) is 3. The van der Waals surface area contributed by atoms with Crippen molar-refractivity contribution < 1.29 is 13.6 Å². The SMILES string of the molecule is CC(=O)SCC#Cc1cc(F)cc(F)c1N. The second-order valence-corrected chi connectivity index (χ2v) is 4.08. The second kappa shape index (κ2) is 5.52. The standard InChI is InChI=1S/C11H9F2NOS/c1-7(15)16-4-2-3-8-5-9(12)6-10(13)11(8)14/h5-6H,4,14H2,1H3. The van der Waals surface area contributed by atoms with Gasteiger partial charge in [0.05, 0.1) is 17.0 Å². The number of carbonyl (C=O) groups excluding carboxylic acids is 1. The molecule has 0 aromatic heterocycles. The lowest BCUT2D eigenvalue weighted by Gasteiger charge is -1.99. The summed E-state index contributed by atoms with van der Waals surface area (Å²) in [6.07, 6.45) is 0. The first kappa shape index (κ1) is 12.5. The van der Waals surface area contributed by atoms with E-state index in [9.17, 15) is 13.6 Å². The second-order valence-electron chi connectivity index (χ2n) is 2.93. The fourth-order valence-corrected chi connectivity index (χ4v) is 1.30. The minimum atomic E-state index is -0.830. The Hall–Kier alpha value is -1.54. The van der Waals surface area contributed by atoms with Crippen LogP contribution in [0.1, 0.15) is 12.5 Å². The van der Waals surface area contributed by atoms with Crippen molar-refractivity contribution in [3.8, 4) is 11.8 Å². The fourth-order valence-electron chi connectivity index (χ4n) is 0.957. The summed E-state index contributed by atoms with van der Waals surface area (Å²) in [7, 11) is 0. The largest absolute Gasteiger partial charge is 0.395 e. The minimum absolute atomic E-state index is 0.0623. The molecule has 5 heteroatoms. The van der Waals surface area contributed by atoms with Crippen LogP contribution in [0.25, 0.3) is 0 Å². The van der Waals surface area contributed by atoms with Crippen molar-refractivity contribution in [1.29, 1.82) is 0 Å². The van der Waals surface area contributed by atoms with Crippen LogP contribution < -0.4 is 5.73 Å². The molecule has 2 nitrogen and oxygen atoms in total. The third kappa shape index (κ3) is 3.55. The number of benzene rings is 1. The summed E-state index contributed by atoms with van der Waals surface area (Å²) in [6, 6.07) is 1.76. The Labute approximate surface area is 96.2 Å². The molecule has 84 valence electrons. The molecule has 16 heavy (non-hydrogen) atoms. The number of halogens is 2. The van der Waals surface area contributed by atoms with E-state index in [1.54, 1.807) is 0 Å². The van der Waals surface area contributed by atoms with Crippen LogP contribution in [0.5, 0.6) is 0 Å². The van der Waals surface area contributed by atoms with Crippen LogP contribution >= 0.6 is 11.8 Å². The molecule has 0 radical (unpaired) electrons. The Balaban J connectivity index is 2.84. The summed E-state index contributed by atoms with van der Waals surface area (Å²) in [5, 5.41) is -0.0623. The van der Waals surface area contributed by atoms with Gasteiger partial charge in [-0.2, -0.15) is 0 Å². The van der Waals surface area contributed by atoms with Gasteiger partial charge in [-0.1, -0.05) is 23.6 Å². The van der Waals surface area contributed by atoms with Crippen molar-refractivity contribution >= 4 is 22.6 Å². The predicted octanol–water partition coefficient (Wildman–Crippen LogP) is 2.18. The van der Waals surface area contributed by atoms with Gasteiger partial charge in [0, 0.05) is 13.0 Å². The maximum atomic E-state index is 13.0. The van der Waals surface area contributed by atoms with E-state index in [1.165, 1.54) is 6.92 Å². The van der Waals surface area contributed by atoms with Gasteiger partial charge in [-0.05, 0) is 6.07 Å². The molecular weight excluding hydrogens is 232 g/mol. The summed E-state index contributed by atoms with van der Waals surface area (Å²) in [5.74, 6) is 3.84. The van der Waals surface area contributed by atoms with Gasteiger partial charge in [-0.25, -0.2) is 8.78 Å². The first-order chi connectivity index (χ1) is 7.50. The lowest BCUT2D eigenvalue weighted by Crippen LogP contribution is -1.96. The Morgan fingerprint density at radius 2 is 2.19 bits per heavy atom. The smallest absolute Gasteiger partial charge is 0.186 e. The van der Waals surface area contributed by atoms with E-state index in [-0.39, 0.29) is 22.1 Å². The van der Waals surface area contributed by atoms with Crippen molar-refractivity contribution in [3.63, 3.8) is 0 Å². The first-order valence-electron chi connectivity index (χ1n) is 4.37. The van der Waals surface area contributed by atoms with Crippen LogP contribution in [0, 0.1) is 23.5 Å². The highest BCUT2D eigenvalue weighted by Crippen LogP contribution is 2.17. The number of nitrogen functional groups attached to an aromatic ring is 1. The van der Waals surface area contributed by atoms with E-state index in [2.05, 4.69) is 11.8 Å². The molecule has 1 rings (SSSR count). The molecule has 0 bridgehead atoms. The molecule has 1 aromatic carbocycles. The molecule has 1 aromatic rings. The molecule has 0 heterocycles. The Kier molecular flexibility index (Phi) is 4.32. The van der Waals surface area contributed by atoms with E-state index >= 15 is 0 Å². The summed E-state index contributed by atoms with van der Waals surface area (Å²) in [6.45, 7) is 1.42. The lowest BCUT2D eigenvalue weighted by molar-refractivity contribution is -0.109. The van der Waals surface area contributed by atoms with Gasteiger partial charge in [0.1, 0.15) is 11.6 Å². The molecule has 2 N–H and O–H groups in total. The third-order valence-corrected chi connectivity index (χ3v) is 2.36. The summed E-state index contributed by atoms with van der Waals surface area (Å²) < 4.78 is 25.8. The maximum absolute atomic E-state index is 13.0. The van der Waals surface area contributed by atoms with E-state index in [0.29, 0.717) is 6.07 Å². The summed E-state index contributed by atoms with van der Waals surface area (Å²) in [5.41, 5.74) is 5.30. The van der Waals surface area contributed by atoms with Gasteiger partial charge in [-0.15, -0.1) is 0 Å². The topological polar surface area (TPSA) is 43.1 Å². The summed E-state index contributed by atoms with van der Waals surface area (Å²) in [4.78, 5) is 10.6. The van der Waals surface area contributed by atoms with Gasteiger partial charge >= 0.3 is 0 Å². The molecule has 0 saturated carbocycles. The fraction of sp³-hybridized carbons (Fsp3) is 0.182. The number of thioether (sulfide) groups is 1. The maximum Gasteiger partial charge on any atom is 0.186 e. The molecule has 0 spiro atoms. The van der Waals surface area contributed by atoms with Crippen molar-refractivity contribution in [2.75, 3.05) is 11.5 Å². The molecule has 0 unspecified atom stereocenters. The minimum Gasteiger partial charge on any atom is -0.395 e. The first-order valence-corrected chi connectivity index (χ1v) is 5.36.